The van der Waals surface area contributed by atoms with E-state index < -0.39 is 18.3 Å². The van der Waals surface area contributed by atoms with Crippen LogP contribution in [0.15, 0.2) is 11.8 Å². The molecule has 0 radical (unpaired) electrons. The first-order valence-corrected chi connectivity index (χ1v) is 4.07. The van der Waals surface area contributed by atoms with Gasteiger partial charge in [-0.3, -0.25) is 9.69 Å². The third-order valence-corrected chi connectivity index (χ3v) is 2.27. The quantitative estimate of drug-likeness (QED) is 0.587. The maximum absolute atomic E-state index is 11.4. The van der Waals surface area contributed by atoms with Crippen LogP contribution < -0.4 is 0 Å². The SMILES string of the molecule is COC1C(=O)N2C(C(=O)O)=CCOC12. The number of amides is 1. The Morgan fingerprint density at radius 3 is 3.07 bits per heavy atom. The summed E-state index contributed by atoms with van der Waals surface area (Å²) < 4.78 is 10.0. The van der Waals surface area contributed by atoms with Crippen LogP contribution in [-0.2, 0) is 19.1 Å². The summed E-state index contributed by atoms with van der Waals surface area (Å²) >= 11 is 0. The van der Waals surface area contributed by atoms with Gasteiger partial charge in [-0.2, -0.15) is 0 Å². The molecule has 2 atom stereocenters. The van der Waals surface area contributed by atoms with Gasteiger partial charge in [0.25, 0.3) is 5.91 Å². The number of ether oxygens (including phenoxy) is 2. The molecule has 0 spiro atoms. The lowest BCUT2D eigenvalue weighted by Gasteiger charge is -2.46. The lowest BCUT2D eigenvalue weighted by molar-refractivity contribution is -0.210. The second-order valence-electron chi connectivity index (χ2n) is 2.98. The molecule has 1 saturated heterocycles. The molecule has 0 aromatic rings. The minimum absolute atomic E-state index is 0.0282. The molecule has 1 fully saturated rings. The molecule has 1 amide bonds. The zero-order valence-corrected chi connectivity index (χ0v) is 7.47. The van der Waals surface area contributed by atoms with Crippen LogP contribution in [0.25, 0.3) is 0 Å². The third-order valence-electron chi connectivity index (χ3n) is 2.27. The Kier molecular flexibility index (Phi) is 2.01. The van der Waals surface area contributed by atoms with Gasteiger partial charge in [0.1, 0.15) is 5.70 Å². The summed E-state index contributed by atoms with van der Waals surface area (Å²) in [7, 11) is 1.39. The van der Waals surface area contributed by atoms with E-state index in [-0.39, 0.29) is 18.2 Å². The highest BCUT2D eigenvalue weighted by atomic mass is 16.6. The van der Waals surface area contributed by atoms with Crippen molar-refractivity contribution in [1.29, 1.82) is 0 Å². The molecule has 0 aromatic heterocycles. The molecule has 14 heavy (non-hydrogen) atoms. The van der Waals surface area contributed by atoms with E-state index in [0.717, 1.165) is 4.90 Å². The predicted octanol–water partition coefficient (Wildman–Crippen LogP) is -0.832. The number of carboxylic acids is 1. The normalized spacial score (nSPS) is 30.5. The molecule has 2 heterocycles. The van der Waals surface area contributed by atoms with Crippen LogP contribution in [-0.4, -0.2) is 47.9 Å². The number of β-lactam (4-membered cyclic amide) rings is 1. The number of aliphatic carboxylic acids is 1. The highest BCUT2D eigenvalue weighted by molar-refractivity contribution is 5.98. The first kappa shape index (κ1) is 9.17. The van der Waals surface area contributed by atoms with Crippen molar-refractivity contribution in [2.24, 2.45) is 0 Å². The lowest BCUT2D eigenvalue weighted by atomic mass is 10.0. The van der Waals surface area contributed by atoms with Gasteiger partial charge in [0.15, 0.2) is 12.3 Å². The number of hydrogen-bond acceptors (Lipinski definition) is 4. The molecule has 0 aliphatic carbocycles. The molecule has 2 rings (SSSR count). The lowest BCUT2D eigenvalue weighted by Crippen LogP contribution is -2.67. The Bertz CT molecular complexity index is 324. The Morgan fingerprint density at radius 2 is 2.50 bits per heavy atom. The van der Waals surface area contributed by atoms with E-state index in [4.69, 9.17) is 14.6 Å². The molecule has 6 nitrogen and oxygen atoms in total. The summed E-state index contributed by atoms with van der Waals surface area (Å²) in [6, 6.07) is 0. The minimum atomic E-state index is -1.12. The van der Waals surface area contributed by atoms with Crippen molar-refractivity contribution in [2.75, 3.05) is 13.7 Å². The largest absolute Gasteiger partial charge is 0.477 e. The van der Waals surface area contributed by atoms with E-state index in [2.05, 4.69) is 0 Å². The van der Waals surface area contributed by atoms with Gasteiger partial charge in [-0.1, -0.05) is 0 Å². The molecule has 0 bridgehead atoms. The second-order valence-corrected chi connectivity index (χ2v) is 2.98. The number of rotatable bonds is 2. The second kappa shape index (κ2) is 3.07. The molecule has 2 aliphatic heterocycles. The first-order valence-electron chi connectivity index (χ1n) is 4.07. The van der Waals surface area contributed by atoms with Gasteiger partial charge in [0, 0.05) is 7.11 Å². The molecule has 2 unspecified atom stereocenters. The monoisotopic (exact) mass is 199 g/mol. The van der Waals surface area contributed by atoms with Gasteiger partial charge in [-0.25, -0.2) is 4.79 Å². The number of nitrogens with zero attached hydrogens (tertiary/aromatic N) is 1. The fraction of sp³-hybridized carbons (Fsp3) is 0.500. The molecule has 2 aliphatic rings. The molecular formula is C8H9NO5. The summed E-state index contributed by atoms with van der Waals surface area (Å²) in [6.45, 7) is 0.190. The Labute approximate surface area is 79.7 Å². The van der Waals surface area contributed by atoms with E-state index in [1.807, 2.05) is 0 Å². The maximum Gasteiger partial charge on any atom is 0.352 e. The molecule has 6 heteroatoms. The molecular weight excluding hydrogens is 190 g/mol. The van der Waals surface area contributed by atoms with Gasteiger partial charge >= 0.3 is 5.97 Å². The van der Waals surface area contributed by atoms with E-state index in [9.17, 15) is 9.59 Å². The molecule has 1 N–H and O–H groups in total. The van der Waals surface area contributed by atoms with Crippen LogP contribution in [0.4, 0.5) is 0 Å². The van der Waals surface area contributed by atoms with E-state index >= 15 is 0 Å². The Balaban J connectivity index is 2.23. The number of hydrogen-bond donors (Lipinski definition) is 1. The number of carbonyl (C=O) groups excluding carboxylic acids is 1. The zero-order chi connectivity index (χ0) is 10.3. The van der Waals surface area contributed by atoms with Crippen LogP contribution in [0.3, 0.4) is 0 Å². The Morgan fingerprint density at radius 1 is 1.79 bits per heavy atom. The topological polar surface area (TPSA) is 76.1 Å². The van der Waals surface area contributed by atoms with Gasteiger partial charge in [0.05, 0.1) is 6.61 Å². The van der Waals surface area contributed by atoms with Crippen LogP contribution in [0.1, 0.15) is 0 Å². The van der Waals surface area contributed by atoms with E-state index in [0.29, 0.717) is 0 Å². The summed E-state index contributed by atoms with van der Waals surface area (Å²) in [5.74, 6) is -1.49. The summed E-state index contributed by atoms with van der Waals surface area (Å²) in [5, 5.41) is 8.78. The summed E-state index contributed by atoms with van der Waals surface area (Å²) in [6.07, 6.45) is 0.115. The van der Waals surface area contributed by atoms with Crippen molar-refractivity contribution >= 4 is 11.9 Å². The average molecular weight is 199 g/mol. The van der Waals surface area contributed by atoms with Crippen molar-refractivity contribution in [3.8, 4) is 0 Å². The maximum atomic E-state index is 11.4. The fourth-order valence-corrected chi connectivity index (χ4v) is 1.59. The van der Waals surface area contributed by atoms with Crippen molar-refractivity contribution in [2.45, 2.75) is 12.3 Å². The van der Waals surface area contributed by atoms with Gasteiger partial charge < -0.3 is 14.6 Å². The van der Waals surface area contributed by atoms with Crippen molar-refractivity contribution in [1.82, 2.24) is 4.90 Å². The summed E-state index contributed by atoms with van der Waals surface area (Å²) in [4.78, 5) is 23.2. The van der Waals surface area contributed by atoms with E-state index in [1.54, 1.807) is 0 Å². The molecule has 0 aromatic carbocycles. The highest BCUT2D eigenvalue weighted by Crippen LogP contribution is 2.31. The zero-order valence-electron chi connectivity index (χ0n) is 7.47. The molecule has 0 saturated carbocycles. The van der Waals surface area contributed by atoms with E-state index in [1.165, 1.54) is 13.2 Å². The highest BCUT2D eigenvalue weighted by Gasteiger charge is 2.53. The smallest absolute Gasteiger partial charge is 0.352 e. The van der Waals surface area contributed by atoms with Crippen LogP contribution >= 0.6 is 0 Å². The van der Waals surface area contributed by atoms with Crippen molar-refractivity contribution in [3.63, 3.8) is 0 Å². The van der Waals surface area contributed by atoms with Crippen molar-refractivity contribution < 1.29 is 24.2 Å². The summed E-state index contributed by atoms with van der Waals surface area (Å²) in [5.41, 5.74) is -0.0282. The number of methoxy groups -OCH3 is 1. The third kappa shape index (κ3) is 1.04. The van der Waals surface area contributed by atoms with Crippen LogP contribution in [0, 0.1) is 0 Å². The van der Waals surface area contributed by atoms with Gasteiger partial charge in [-0.15, -0.1) is 0 Å². The predicted molar refractivity (Wildman–Crippen MR) is 43.1 cm³/mol. The fourth-order valence-electron chi connectivity index (χ4n) is 1.59. The number of carbonyl (C=O) groups is 2. The average Bonchev–Trinajstić information content (AvgIpc) is 2.16. The van der Waals surface area contributed by atoms with Crippen LogP contribution in [0.2, 0.25) is 0 Å². The van der Waals surface area contributed by atoms with Gasteiger partial charge in [0.2, 0.25) is 0 Å². The van der Waals surface area contributed by atoms with Crippen LogP contribution in [0.5, 0.6) is 0 Å². The molecule has 76 valence electrons. The van der Waals surface area contributed by atoms with Gasteiger partial charge in [-0.05, 0) is 6.08 Å². The van der Waals surface area contributed by atoms with Crippen molar-refractivity contribution in [3.05, 3.63) is 11.8 Å². The number of fused-ring (bicyclic) bond motifs is 1. The minimum Gasteiger partial charge on any atom is -0.477 e. The Hall–Kier alpha value is -1.40. The standard InChI is InChI=1S/C8H9NO5/c1-13-5-6(10)9-4(8(11)12)2-3-14-7(5)9/h2,5,7H,3H2,1H3,(H,11,12). The number of carboxylic acid groups (broad SMARTS) is 1. The first-order chi connectivity index (χ1) is 6.66.